The van der Waals surface area contributed by atoms with Gasteiger partial charge in [0.2, 0.25) is 5.82 Å². The van der Waals surface area contributed by atoms with Crippen LogP contribution in [0.25, 0.3) is 11.1 Å². The molecule has 3 aromatic rings. The molecule has 10 heteroatoms. The van der Waals surface area contributed by atoms with Crippen LogP contribution in [-0.4, -0.2) is 30.4 Å². The number of ketones is 1. The van der Waals surface area contributed by atoms with Crippen molar-refractivity contribution in [3.63, 3.8) is 0 Å². The lowest BCUT2D eigenvalue weighted by atomic mass is 9.91. The summed E-state index contributed by atoms with van der Waals surface area (Å²) in [4.78, 5) is 11.8. The summed E-state index contributed by atoms with van der Waals surface area (Å²) in [5.41, 5.74) is -0.809. The minimum absolute atomic E-state index is 0.0125. The Bertz CT molecular complexity index is 1390. The van der Waals surface area contributed by atoms with Crippen LogP contribution < -0.4 is 4.74 Å². The molecule has 0 bridgehead atoms. The van der Waals surface area contributed by atoms with E-state index in [0.717, 1.165) is 36.6 Å². The summed E-state index contributed by atoms with van der Waals surface area (Å²) in [6.45, 7) is 7.15. The Hall–Kier alpha value is -3.50. The minimum atomic E-state index is -4.64. The van der Waals surface area contributed by atoms with Gasteiger partial charge in [0.1, 0.15) is 17.2 Å². The first-order chi connectivity index (χ1) is 20.4. The molecule has 1 atom stereocenters. The number of ether oxygens (including phenoxy) is 3. The Morgan fingerprint density at radius 3 is 2.21 bits per heavy atom. The molecular weight excluding hydrogens is 571 g/mol. The number of hydrogen-bond donors (Lipinski definition) is 1. The standard InChI is InChI=1S/C33H35F5O5/c1-4-6-19(3)23-17-41-29(42-18-23)14-9-20-7-10-21(11-8-20)22-15-25(34)30(26(35)16-22)33(37,38)43-28-13-12-24(27(39)5-2)32(40)31(28)36/h7-8,10-13,15-16,19,23,29,40H,4-6,9,14,17-18H2,1-3H3. The third-order valence-corrected chi connectivity index (χ3v) is 7.77. The topological polar surface area (TPSA) is 65.0 Å². The fourth-order valence-electron chi connectivity index (χ4n) is 5.14. The summed E-state index contributed by atoms with van der Waals surface area (Å²) in [7, 11) is 0. The largest absolute Gasteiger partial charge is 0.504 e. The van der Waals surface area contributed by atoms with Crippen molar-refractivity contribution < 1.29 is 46.1 Å². The van der Waals surface area contributed by atoms with Crippen molar-refractivity contribution in [1.82, 2.24) is 0 Å². The molecule has 4 rings (SSSR count). The normalized spacial score (nSPS) is 18.0. The lowest BCUT2D eigenvalue weighted by Gasteiger charge is -2.32. The lowest BCUT2D eigenvalue weighted by Crippen LogP contribution is -2.35. The molecule has 1 fully saturated rings. The number of carbonyl (C=O) groups excluding carboxylic acids is 1. The fraction of sp³-hybridized carbons (Fsp3) is 0.424. The van der Waals surface area contributed by atoms with Gasteiger partial charge in [0, 0.05) is 18.8 Å². The second kappa shape index (κ2) is 13.9. The van der Waals surface area contributed by atoms with Crippen molar-refractivity contribution >= 4 is 5.78 Å². The summed E-state index contributed by atoms with van der Waals surface area (Å²) < 4.78 is 90.1. The van der Waals surface area contributed by atoms with Gasteiger partial charge >= 0.3 is 6.11 Å². The smallest absolute Gasteiger partial charge is 0.432 e. The number of alkyl halides is 2. The first kappa shape index (κ1) is 32.4. The van der Waals surface area contributed by atoms with Crippen LogP contribution in [0.3, 0.4) is 0 Å². The molecule has 1 unspecified atom stereocenters. The molecule has 1 heterocycles. The Morgan fingerprint density at radius 2 is 1.63 bits per heavy atom. The molecule has 0 amide bonds. The van der Waals surface area contributed by atoms with Crippen LogP contribution in [0.5, 0.6) is 11.5 Å². The number of Topliss-reactive ketones (excluding diaryl/α,β-unsaturated/α-hetero) is 1. The van der Waals surface area contributed by atoms with Crippen molar-refractivity contribution in [1.29, 1.82) is 0 Å². The molecule has 43 heavy (non-hydrogen) atoms. The Labute approximate surface area is 247 Å². The highest BCUT2D eigenvalue weighted by Crippen LogP contribution is 2.40. The highest BCUT2D eigenvalue weighted by atomic mass is 19.3. The zero-order chi connectivity index (χ0) is 31.3. The number of phenols is 1. The monoisotopic (exact) mass is 606 g/mol. The average Bonchev–Trinajstić information content (AvgIpc) is 2.98. The van der Waals surface area contributed by atoms with E-state index in [4.69, 9.17) is 9.47 Å². The number of aryl methyl sites for hydroxylation is 1. The molecule has 232 valence electrons. The highest BCUT2D eigenvalue weighted by molar-refractivity contribution is 5.98. The minimum Gasteiger partial charge on any atom is -0.504 e. The molecule has 0 aliphatic carbocycles. The van der Waals surface area contributed by atoms with Gasteiger partial charge in [-0.2, -0.15) is 13.2 Å². The maximum Gasteiger partial charge on any atom is 0.432 e. The predicted octanol–water partition coefficient (Wildman–Crippen LogP) is 8.56. The van der Waals surface area contributed by atoms with Gasteiger partial charge in [0.15, 0.2) is 23.6 Å². The van der Waals surface area contributed by atoms with Gasteiger partial charge < -0.3 is 19.3 Å². The van der Waals surface area contributed by atoms with Crippen LogP contribution >= 0.6 is 0 Å². The zero-order valence-corrected chi connectivity index (χ0v) is 24.3. The van der Waals surface area contributed by atoms with Gasteiger partial charge in [0.25, 0.3) is 0 Å². The van der Waals surface area contributed by atoms with E-state index in [2.05, 4.69) is 18.6 Å². The van der Waals surface area contributed by atoms with Gasteiger partial charge in [0.05, 0.1) is 18.8 Å². The fourth-order valence-corrected chi connectivity index (χ4v) is 5.14. The molecule has 3 aromatic carbocycles. The molecule has 0 spiro atoms. The lowest BCUT2D eigenvalue weighted by molar-refractivity contribution is -0.209. The molecule has 1 N–H and O–H groups in total. The summed E-state index contributed by atoms with van der Waals surface area (Å²) in [6, 6.07) is 9.86. The van der Waals surface area contributed by atoms with Gasteiger partial charge in [-0.3, -0.25) is 4.79 Å². The van der Waals surface area contributed by atoms with Crippen LogP contribution in [0, 0.1) is 29.3 Å². The third kappa shape index (κ3) is 7.54. The second-order valence-corrected chi connectivity index (χ2v) is 10.8. The van der Waals surface area contributed by atoms with Gasteiger partial charge in [-0.15, -0.1) is 0 Å². The SMILES string of the molecule is CCCC(C)C1COC(CCc2ccc(-c3cc(F)c(C(F)(F)Oc4ccc(C(=O)CC)c(O)c4F)c(F)c3)cc2)OC1. The molecule has 1 saturated heterocycles. The van der Waals surface area contributed by atoms with Crippen LogP contribution in [0.1, 0.15) is 67.9 Å². The first-order valence-electron chi connectivity index (χ1n) is 14.4. The number of benzene rings is 3. The van der Waals surface area contributed by atoms with E-state index in [9.17, 15) is 31.9 Å². The van der Waals surface area contributed by atoms with E-state index in [1.54, 1.807) is 24.3 Å². The predicted molar refractivity (Wildman–Crippen MR) is 151 cm³/mol. The molecule has 0 saturated carbocycles. The molecule has 0 radical (unpaired) electrons. The highest BCUT2D eigenvalue weighted by Gasteiger charge is 2.42. The number of carbonyl (C=O) groups is 1. The van der Waals surface area contributed by atoms with Crippen molar-refractivity contribution in [3.8, 4) is 22.6 Å². The summed E-state index contributed by atoms with van der Waals surface area (Å²) in [6.07, 6.45) is -1.49. The van der Waals surface area contributed by atoms with Crippen molar-refractivity contribution in [2.45, 2.75) is 65.3 Å². The van der Waals surface area contributed by atoms with E-state index < -0.39 is 52.0 Å². The number of rotatable bonds is 12. The van der Waals surface area contributed by atoms with E-state index in [0.29, 0.717) is 49.5 Å². The Kier molecular flexibility index (Phi) is 10.4. The Balaban J connectivity index is 1.42. The van der Waals surface area contributed by atoms with Crippen molar-refractivity contribution in [2.24, 2.45) is 11.8 Å². The van der Waals surface area contributed by atoms with E-state index >= 15 is 0 Å². The van der Waals surface area contributed by atoms with E-state index in [-0.39, 0.29) is 18.3 Å². The van der Waals surface area contributed by atoms with Gasteiger partial charge in [-0.05, 0) is 53.3 Å². The number of phenolic OH excluding ortho intramolecular Hbond substituents is 1. The molecule has 1 aliphatic heterocycles. The number of aromatic hydroxyl groups is 1. The molecule has 0 aromatic heterocycles. The van der Waals surface area contributed by atoms with Crippen molar-refractivity contribution in [3.05, 3.63) is 82.7 Å². The molecule has 1 aliphatic rings. The third-order valence-electron chi connectivity index (χ3n) is 7.77. The van der Waals surface area contributed by atoms with E-state index in [1.807, 2.05) is 0 Å². The number of halogens is 5. The summed E-state index contributed by atoms with van der Waals surface area (Å²) in [5.74, 6) is -6.94. The van der Waals surface area contributed by atoms with Crippen LogP contribution in [0.2, 0.25) is 0 Å². The number of hydrogen-bond acceptors (Lipinski definition) is 5. The van der Waals surface area contributed by atoms with E-state index in [1.165, 1.54) is 6.92 Å². The summed E-state index contributed by atoms with van der Waals surface area (Å²) in [5, 5.41) is 9.90. The first-order valence-corrected chi connectivity index (χ1v) is 14.4. The van der Waals surface area contributed by atoms with Gasteiger partial charge in [-0.25, -0.2) is 8.78 Å². The zero-order valence-electron chi connectivity index (χ0n) is 24.3. The molecular formula is C33H35F5O5. The average molecular weight is 607 g/mol. The van der Waals surface area contributed by atoms with Crippen LogP contribution in [-0.2, 0) is 22.0 Å². The second-order valence-electron chi connectivity index (χ2n) is 10.8. The quantitative estimate of drug-likeness (QED) is 0.165. The summed E-state index contributed by atoms with van der Waals surface area (Å²) >= 11 is 0. The van der Waals surface area contributed by atoms with Crippen LogP contribution in [0.15, 0.2) is 48.5 Å². The Morgan fingerprint density at radius 1 is 1.00 bits per heavy atom. The molecule has 5 nitrogen and oxygen atoms in total. The van der Waals surface area contributed by atoms with Gasteiger partial charge in [-0.1, -0.05) is 57.9 Å². The van der Waals surface area contributed by atoms with Crippen LogP contribution in [0.4, 0.5) is 22.0 Å². The maximum atomic E-state index is 14.9. The maximum absolute atomic E-state index is 14.9. The van der Waals surface area contributed by atoms with Crippen molar-refractivity contribution in [2.75, 3.05) is 13.2 Å².